The van der Waals surface area contributed by atoms with E-state index in [9.17, 15) is 14.7 Å². The van der Waals surface area contributed by atoms with Gasteiger partial charge >= 0.3 is 6.03 Å². The Bertz CT molecular complexity index is 1390. The van der Waals surface area contributed by atoms with E-state index in [1.165, 1.54) is 4.90 Å². The average molecular weight is 544 g/mol. The van der Waals surface area contributed by atoms with Gasteiger partial charge in [-0.2, -0.15) is 5.26 Å². The lowest BCUT2D eigenvalue weighted by molar-refractivity contribution is 0.0356. The lowest BCUT2D eigenvalue weighted by Crippen LogP contribution is -2.50. The highest BCUT2D eigenvalue weighted by molar-refractivity contribution is 5.98. The van der Waals surface area contributed by atoms with Gasteiger partial charge in [0.15, 0.2) is 0 Å². The van der Waals surface area contributed by atoms with Crippen LogP contribution in [0.25, 0.3) is 11.1 Å². The lowest BCUT2D eigenvalue weighted by Gasteiger charge is -2.37. The minimum absolute atomic E-state index is 0.165. The molecule has 1 aliphatic rings. The van der Waals surface area contributed by atoms with E-state index >= 15 is 0 Å². The molecule has 208 valence electrons. The number of amides is 3. The number of carbonyl (C=O) groups is 2. The van der Waals surface area contributed by atoms with Crippen molar-refractivity contribution in [3.05, 3.63) is 71.9 Å². The number of pyridine rings is 1. The largest absolute Gasteiger partial charge is 0.497 e. The monoisotopic (exact) mass is 543 g/mol. The summed E-state index contributed by atoms with van der Waals surface area (Å²) in [4.78, 5) is 34.3. The van der Waals surface area contributed by atoms with Crippen LogP contribution in [0.1, 0.15) is 29.8 Å². The standard InChI is InChI=1S/C30H33N5O5/c1-19-16-35(20(2)18-36)29(37)26-13-23(22-7-5-21(14-31)6-8-22)15-32-28(26)40-27(19)17-34(3)30(38)33-24-9-11-25(39-4)12-10-24/h5-13,15,19-20,27,36H,16-18H2,1-4H3,(H,33,38)/t19-,20+,27-/m0/s1. The minimum Gasteiger partial charge on any atom is -0.497 e. The van der Waals surface area contributed by atoms with Gasteiger partial charge in [-0.15, -0.1) is 0 Å². The number of urea groups is 1. The number of rotatable bonds is 7. The number of nitrogens with zero attached hydrogens (tertiary/aromatic N) is 4. The van der Waals surface area contributed by atoms with Gasteiger partial charge in [-0.25, -0.2) is 9.78 Å². The number of nitriles is 1. The predicted octanol–water partition coefficient (Wildman–Crippen LogP) is 4.01. The Hall–Kier alpha value is -4.62. The number of ether oxygens (including phenoxy) is 2. The van der Waals surface area contributed by atoms with Crippen LogP contribution in [0.5, 0.6) is 11.6 Å². The molecule has 2 heterocycles. The molecule has 2 aromatic carbocycles. The van der Waals surface area contributed by atoms with Crippen LogP contribution >= 0.6 is 0 Å². The zero-order valence-electron chi connectivity index (χ0n) is 23.0. The lowest BCUT2D eigenvalue weighted by atomic mass is 9.99. The van der Waals surface area contributed by atoms with Gasteiger partial charge in [0.1, 0.15) is 17.4 Å². The summed E-state index contributed by atoms with van der Waals surface area (Å²) in [6, 6.07) is 17.1. The fourth-order valence-corrected chi connectivity index (χ4v) is 4.46. The molecule has 3 atom stereocenters. The quantitative estimate of drug-likeness (QED) is 0.461. The van der Waals surface area contributed by atoms with E-state index in [-0.39, 0.29) is 42.5 Å². The topological polar surface area (TPSA) is 128 Å². The number of nitrogens with one attached hydrogen (secondary N) is 1. The number of hydrogen-bond donors (Lipinski definition) is 2. The summed E-state index contributed by atoms with van der Waals surface area (Å²) in [5.74, 6) is 0.378. The van der Waals surface area contributed by atoms with Crippen LogP contribution in [-0.2, 0) is 0 Å². The SMILES string of the molecule is COc1ccc(NC(=O)N(C)C[C@@H]2Oc3ncc(-c4ccc(C#N)cc4)cc3C(=O)N([C@H](C)CO)C[C@@H]2C)cc1. The number of carbonyl (C=O) groups excluding carboxylic acids is 2. The molecule has 1 aliphatic heterocycles. The van der Waals surface area contributed by atoms with Crippen LogP contribution in [0.15, 0.2) is 60.8 Å². The molecule has 0 saturated heterocycles. The Balaban J connectivity index is 1.60. The maximum Gasteiger partial charge on any atom is 0.321 e. The fraction of sp³-hybridized carbons (Fsp3) is 0.333. The molecule has 3 aromatic rings. The Morgan fingerprint density at radius 3 is 2.58 bits per heavy atom. The Kier molecular flexibility index (Phi) is 8.86. The van der Waals surface area contributed by atoms with Gasteiger partial charge in [0, 0.05) is 37.0 Å². The number of anilines is 1. The highest BCUT2D eigenvalue weighted by atomic mass is 16.5. The van der Waals surface area contributed by atoms with Gasteiger partial charge in [0.2, 0.25) is 5.88 Å². The van der Waals surface area contributed by atoms with Gasteiger partial charge in [0.25, 0.3) is 5.91 Å². The highest BCUT2D eigenvalue weighted by Crippen LogP contribution is 2.30. The van der Waals surface area contributed by atoms with Crippen molar-refractivity contribution in [2.45, 2.75) is 26.0 Å². The van der Waals surface area contributed by atoms with Gasteiger partial charge < -0.3 is 29.7 Å². The van der Waals surface area contributed by atoms with Gasteiger partial charge in [-0.3, -0.25) is 4.79 Å². The molecule has 0 spiro atoms. The smallest absolute Gasteiger partial charge is 0.321 e. The van der Waals surface area contributed by atoms with Gasteiger partial charge in [-0.1, -0.05) is 19.1 Å². The van der Waals surface area contributed by atoms with Crippen molar-refractivity contribution in [1.29, 1.82) is 5.26 Å². The number of methoxy groups -OCH3 is 1. The van der Waals surface area contributed by atoms with Crippen molar-refractivity contribution in [3.8, 4) is 28.8 Å². The molecular formula is C30H33N5O5. The highest BCUT2D eigenvalue weighted by Gasteiger charge is 2.34. The summed E-state index contributed by atoms with van der Waals surface area (Å²) in [6.45, 7) is 4.08. The summed E-state index contributed by atoms with van der Waals surface area (Å²) in [6.07, 6.45) is 1.14. The molecule has 0 bridgehead atoms. The Morgan fingerprint density at radius 2 is 1.95 bits per heavy atom. The third-order valence-electron chi connectivity index (χ3n) is 7.01. The van der Waals surface area contributed by atoms with E-state index in [0.29, 0.717) is 29.1 Å². The molecule has 2 N–H and O–H groups in total. The first kappa shape index (κ1) is 28.4. The molecule has 3 amide bonds. The number of benzene rings is 2. The average Bonchev–Trinajstić information content (AvgIpc) is 2.98. The minimum atomic E-state index is -0.486. The van der Waals surface area contributed by atoms with Crippen LogP contribution in [0.2, 0.25) is 0 Å². The zero-order valence-corrected chi connectivity index (χ0v) is 23.0. The first-order valence-electron chi connectivity index (χ1n) is 13.0. The zero-order chi connectivity index (χ0) is 28.8. The number of aliphatic hydroxyl groups excluding tert-OH is 1. The van der Waals surface area contributed by atoms with E-state index in [2.05, 4.69) is 16.4 Å². The van der Waals surface area contributed by atoms with Crippen molar-refractivity contribution >= 4 is 17.6 Å². The summed E-state index contributed by atoms with van der Waals surface area (Å²) >= 11 is 0. The van der Waals surface area contributed by atoms with Crippen molar-refractivity contribution in [3.63, 3.8) is 0 Å². The van der Waals surface area contributed by atoms with Gasteiger partial charge in [0.05, 0.1) is 37.9 Å². The normalized spacial score (nSPS) is 17.4. The molecule has 0 unspecified atom stereocenters. The molecule has 4 rings (SSSR count). The Labute approximate surface area is 233 Å². The maximum atomic E-state index is 13.7. The van der Waals surface area contributed by atoms with E-state index in [1.807, 2.05) is 6.92 Å². The summed E-state index contributed by atoms with van der Waals surface area (Å²) in [5.41, 5.74) is 2.91. The van der Waals surface area contributed by atoms with Crippen LogP contribution in [-0.4, -0.2) is 77.8 Å². The third-order valence-corrected chi connectivity index (χ3v) is 7.01. The van der Waals surface area contributed by atoms with E-state index < -0.39 is 12.1 Å². The van der Waals surface area contributed by atoms with Crippen LogP contribution < -0.4 is 14.8 Å². The molecule has 40 heavy (non-hydrogen) atoms. The number of hydrogen-bond acceptors (Lipinski definition) is 7. The van der Waals surface area contributed by atoms with Gasteiger partial charge in [-0.05, 0) is 55.0 Å². The molecular weight excluding hydrogens is 510 g/mol. The van der Waals surface area contributed by atoms with Crippen LogP contribution in [0, 0.1) is 17.2 Å². The number of fused-ring (bicyclic) bond motifs is 1. The second kappa shape index (κ2) is 12.5. The third kappa shape index (κ3) is 6.33. The molecule has 0 radical (unpaired) electrons. The van der Waals surface area contributed by atoms with Crippen LogP contribution in [0.3, 0.4) is 0 Å². The summed E-state index contributed by atoms with van der Waals surface area (Å²) < 4.78 is 11.5. The molecule has 1 aromatic heterocycles. The fourth-order valence-electron chi connectivity index (χ4n) is 4.46. The number of aliphatic hydroxyl groups is 1. The molecule has 0 fully saturated rings. The van der Waals surface area contributed by atoms with Crippen molar-refractivity contribution in [1.82, 2.24) is 14.8 Å². The maximum absolute atomic E-state index is 13.7. The van der Waals surface area contributed by atoms with Crippen LogP contribution in [0.4, 0.5) is 10.5 Å². The number of likely N-dealkylation sites (N-methyl/N-ethyl adjacent to an activating group) is 1. The van der Waals surface area contributed by atoms with Crippen molar-refractivity contribution in [2.24, 2.45) is 5.92 Å². The molecule has 10 heteroatoms. The van der Waals surface area contributed by atoms with Crippen molar-refractivity contribution < 1.29 is 24.2 Å². The summed E-state index contributed by atoms with van der Waals surface area (Å²) in [5, 5.41) is 21.9. The van der Waals surface area contributed by atoms with Crippen molar-refractivity contribution in [2.75, 3.05) is 39.2 Å². The molecule has 10 nitrogen and oxygen atoms in total. The van der Waals surface area contributed by atoms with E-state index in [4.69, 9.17) is 14.7 Å². The first-order chi connectivity index (χ1) is 19.2. The Morgan fingerprint density at radius 1 is 1.25 bits per heavy atom. The van der Waals surface area contributed by atoms with E-state index in [1.54, 1.807) is 86.8 Å². The first-order valence-corrected chi connectivity index (χ1v) is 13.0. The second-order valence-corrected chi connectivity index (χ2v) is 9.93. The van der Waals surface area contributed by atoms with E-state index in [0.717, 1.165) is 5.56 Å². The predicted molar refractivity (Wildman–Crippen MR) is 150 cm³/mol. The number of aromatic nitrogens is 1. The second-order valence-electron chi connectivity index (χ2n) is 9.93. The molecule has 0 aliphatic carbocycles. The molecule has 0 saturated carbocycles. The summed E-state index contributed by atoms with van der Waals surface area (Å²) in [7, 11) is 3.25.